The molecule has 51 heavy (non-hydrogen) atoms. The minimum Gasteiger partial charge on any atom is -0.485 e. The number of ether oxygens (including phenoxy) is 1. The van der Waals surface area contributed by atoms with E-state index < -0.39 is 0 Å². The van der Waals surface area contributed by atoms with Crippen LogP contribution in [0.4, 0.5) is 0 Å². The first-order valence-electron chi connectivity index (χ1n) is 17.2. The normalized spacial score (nSPS) is 19.0. The molecule has 2 atom stereocenters. The minimum atomic E-state index is -0.128. The molecular formula is C47H33N3O. The van der Waals surface area contributed by atoms with Crippen LogP contribution in [0.3, 0.4) is 0 Å². The molecule has 6 aromatic carbocycles. The highest BCUT2D eigenvalue weighted by Gasteiger charge is 2.35. The highest BCUT2D eigenvalue weighted by atomic mass is 16.5. The Labute approximate surface area is 296 Å². The van der Waals surface area contributed by atoms with Gasteiger partial charge in [0.15, 0.2) is 11.7 Å². The van der Waals surface area contributed by atoms with E-state index in [9.17, 15) is 0 Å². The molecule has 0 spiro atoms. The molecule has 1 saturated heterocycles. The van der Waals surface area contributed by atoms with Crippen molar-refractivity contribution in [3.05, 3.63) is 208 Å². The van der Waals surface area contributed by atoms with Gasteiger partial charge in [-0.05, 0) is 56.1 Å². The van der Waals surface area contributed by atoms with Gasteiger partial charge in [0.2, 0.25) is 0 Å². The molecule has 6 aromatic rings. The number of rotatable bonds is 4. The van der Waals surface area contributed by atoms with Crippen LogP contribution in [0.15, 0.2) is 196 Å². The van der Waals surface area contributed by atoms with Crippen LogP contribution < -0.4 is 10.4 Å². The Morgan fingerprint density at radius 3 is 1.96 bits per heavy atom. The molecule has 2 heterocycles. The Kier molecular flexibility index (Phi) is 7.95. The second-order valence-electron chi connectivity index (χ2n) is 12.8. The van der Waals surface area contributed by atoms with Crippen LogP contribution >= 0.6 is 0 Å². The number of aliphatic imine (C=N–C) groups is 3. The summed E-state index contributed by atoms with van der Waals surface area (Å²) in [7, 11) is 0. The zero-order chi connectivity index (χ0) is 34.0. The van der Waals surface area contributed by atoms with E-state index in [1.165, 1.54) is 26.8 Å². The highest BCUT2D eigenvalue weighted by Crippen LogP contribution is 2.39. The van der Waals surface area contributed by atoms with Gasteiger partial charge in [-0.1, -0.05) is 158 Å². The zero-order valence-electron chi connectivity index (χ0n) is 27.8. The topological polar surface area (TPSA) is 46.3 Å². The smallest absolute Gasteiger partial charge is 0.161 e. The monoisotopic (exact) mass is 655 g/mol. The molecule has 242 valence electrons. The maximum atomic E-state index is 6.77. The van der Waals surface area contributed by atoms with Crippen molar-refractivity contribution in [2.75, 3.05) is 0 Å². The van der Waals surface area contributed by atoms with E-state index in [4.69, 9.17) is 19.7 Å². The first kappa shape index (κ1) is 30.4. The van der Waals surface area contributed by atoms with Gasteiger partial charge in [0.1, 0.15) is 11.9 Å². The summed E-state index contributed by atoms with van der Waals surface area (Å²) in [4.78, 5) is 15.1. The lowest BCUT2D eigenvalue weighted by atomic mass is 9.89. The molecule has 1 fully saturated rings. The maximum Gasteiger partial charge on any atom is 0.161 e. The largest absolute Gasteiger partial charge is 0.485 e. The van der Waals surface area contributed by atoms with E-state index in [1.54, 1.807) is 0 Å². The standard InChI is InChI=1S/C47H33N3O/c1-3-13-35(14-4-1)46-48-27-26-42-43-28-37-17-7-8-18-38(37)29-45(43)51-44(42)30-39(31-49-47(50-46)36-15-5-2-6-16-36)32-22-24-34(25-23-32)41-21-11-19-33-12-9-10-20-40(33)41/h1-31,43,45H/b27-26?,39-30?,39-31+,42-26?,44-30?,48-27?,48-46?,49-31?,49-47?,50-46?,50-47?. The second-order valence-corrected chi connectivity index (χ2v) is 12.8. The van der Waals surface area contributed by atoms with E-state index in [-0.39, 0.29) is 12.0 Å². The fraction of sp³-hybridized carbons (Fsp3) is 0.0426. The number of hydrogen-bond donors (Lipinski definition) is 0. The predicted octanol–water partition coefficient (Wildman–Crippen LogP) is 8.93. The molecule has 2 aliphatic heterocycles. The van der Waals surface area contributed by atoms with Gasteiger partial charge in [0.05, 0.1) is 0 Å². The third-order valence-electron chi connectivity index (χ3n) is 9.62. The summed E-state index contributed by atoms with van der Waals surface area (Å²) in [6, 6.07) is 52.3. The van der Waals surface area contributed by atoms with Crippen molar-refractivity contribution >= 4 is 46.4 Å². The Hall–Kier alpha value is -6.65. The first-order chi connectivity index (χ1) is 25.3. The molecule has 1 aliphatic carbocycles. The van der Waals surface area contributed by atoms with Crippen molar-refractivity contribution in [2.24, 2.45) is 20.9 Å². The lowest BCUT2D eigenvalue weighted by Gasteiger charge is -2.14. The van der Waals surface area contributed by atoms with Crippen LogP contribution in [-0.2, 0) is 4.74 Å². The SMILES string of the molecule is C1=NC(c2ccccc2)=NC(c2ccccc2)=N/C=C(/c2ccc(-c3cccc4ccccc34)cc2)C=C2OC3C=c4ccccc4=CC3C2=C1. The molecule has 0 amide bonds. The van der Waals surface area contributed by atoms with Crippen LogP contribution in [0.5, 0.6) is 0 Å². The summed E-state index contributed by atoms with van der Waals surface area (Å²) < 4.78 is 6.77. The van der Waals surface area contributed by atoms with Crippen molar-refractivity contribution in [1.82, 2.24) is 0 Å². The lowest BCUT2D eigenvalue weighted by Crippen LogP contribution is -2.33. The van der Waals surface area contributed by atoms with Gasteiger partial charge in [-0.15, -0.1) is 0 Å². The number of amidine groups is 2. The molecule has 0 saturated carbocycles. The number of nitrogens with zero attached hydrogens (tertiary/aromatic N) is 3. The predicted molar refractivity (Wildman–Crippen MR) is 211 cm³/mol. The van der Waals surface area contributed by atoms with Gasteiger partial charge < -0.3 is 4.74 Å². The quantitative estimate of drug-likeness (QED) is 0.187. The van der Waals surface area contributed by atoms with Gasteiger partial charge in [0, 0.05) is 40.6 Å². The fourth-order valence-corrected chi connectivity index (χ4v) is 7.03. The van der Waals surface area contributed by atoms with Crippen LogP contribution in [0.2, 0.25) is 0 Å². The first-order valence-corrected chi connectivity index (χ1v) is 17.2. The summed E-state index contributed by atoms with van der Waals surface area (Å²) >= 11 is 0. The third kappa shape index (κ3) is 6.09. The van der Waals surface area contributed by atoms with Crippen molar-refractivity contribution in [2.45, 2.75) is 6.10 Å². The van der Waals surface area contributed by atoms with Crippen molar-refractivity contribution < 1.29 is 4.74 Å². The van der Waals surface area contributed by atoms with Gasteiger partial charge in [-0.25, -0.2) is 15.0 Å². The zero-order valence-corrected chi connectivity index (χ0v) is 27.8. The molecule has 4 nitrogen and oxygen atoms in total. The average Bonchev–Trinajstić information content (AvgIpc) is 3.52. The Morgan fingerprint density at radius 1 is 0.529 bits per heavy atom. The van der Waals surface area contributed by atoms with E-state index >= 15 is 0 Å². The summed E-state index contributed by atoms with van der Waals surface area (Å²) in [6.45, 7) is 0. The van der Waals surface area contributed by atoms with Crippen LogP contribution in [0.1, 0.15) is 16.7 Å². The van der Waals surface area contributed by atoms with Crippen LogP contribution in [0, 0.1) is 5.92 Å². The molecular weight excluding hydrogens is 623 g/mol. The fourth-order valence-electron chi connectivity index (χ4n) is 7.03. The van der Waals surface area contributed by atoms with Gasteiger partial charge in [0.25, 0.3) is 0 Å². The number of hydrogen-bond acceptors (Lipinski definition) is 4. The molecule has 4 heteroatoms. The molecule has 0 aromatic heterocycles. The Morgan fingerprint density at radius 2 is 1.18 bits per heavy atom. The van der Waals surface area contributed by atoms with Crippen molar-refractivity contribution in [3.8, 4) is 11.1 Å². The lowest BCUT2D eigenvalue weighted by molar-refractivity contribution is 0.201. The highest BCUT2D eigenvalue weighted by molar-refractivity contribution is 6.14. The Bertz CT molecular complexity index is 2590. The molecule has 3 aliphatic rings. The van der Waals surface area contributed by atoms with E-state index in [0.29, 0.717) is 11.7 Å². The summed E-state index contributed by atoms with van der Waals surface area (Å²) in [5.74, 6) is 1.99. The second kappa shape index (κ2) is 13.3. The van der Waals surface area contributed by atoms with Crippen LogP contribution in [-0.4, -0.2) is 24.0 Å². The third-order valence-corrected chi connectivity index (χ3v) is 9.62. The van der Waals surface area contributed by atoms with Gasteiger partial charge >= 0.3 is 0 Å². The van der Waals surface area contributed by atoms with E-state index in [0.717, 1.165) is 39.2 Å². The maximum absolute atomic E-state index is 6.77. The number of allylic oxidation sites excluding steroid dienone is 4. The van der Waals surface area contributed by atoms with Gasteiger partial charge in [-0.2, -0.15) is 0 Å². The minimum absolute atomic E-state index is 0.0380. The molecule has 9 rings (SSSR count). The molecule has 2 unspecified atom stereocenters. The molecule has 0 bridgehead atoms. The van der Waals surface area contributed by atoms with Crippen molar-refractivity contribution in [1.29, 1.82) is 0 Å². The van der Waals surface area contributed by atoms with E-state index in [1.807, 2.05) is 73.1 Å². The van der Waals surface area contributed by atoms with E-state index in [2.05, 4.69) is 115 Å². The van der Waals surface area contributed by atoms with Crippen LogP contribution in [0.25, 0.3) is 39.6 Å². The number of fused-ring (bicyclic) bond motifs is 5. The average molecular weight is 656 g/mol. The number of benzene rings is 6. The Balaban J connectivity index is 1.22. The summed E-state index contributed by atoms with van der Waals surface area (Å²) in [6.07, 6.45) is 12.4. The van der Waals surface area contributed by atoms with Gasteiger partial charge in [-0.3, -0.25) is 0 Å². The summed E-state index contributed by atoms with van der Waals surface area (Å²) in [5, 5.41) is 4.84. The molecule has 0 radical (unpaired) electrons. The molecule has 0 N–H and O–H groups in total. The van der Waals surface area contributed by atoms with Crippen molar-refractivity contribution in [3.63, 3.8) is 0 Å². The summed E-state index contributed by atoms with van der Waals surface area (Å²) in [5.41, 5.74) is 7.17.